The predicted molar refractivity (Wildman–Crippen MR) is 92.4 cm³/mol. The summed E-state index contributed by atoms with van der Waals surface area (Å²) < 4.78 is 0. The van der Waals surface area contributed by atoms with Crippen LogP contribution in [0.5, 0.6) is 0 Å². The number of hydrogen-bond donors (Lipinski definition) is 3. The minimum Gasteiger partial charge on any atom is -0.393 e. The molecule has 2 unspecified atom stereocenters. The van der Waals surface area contributed by atoms with Gasteiger partial charge in [-0.2, -0.15) is 0 Å². The summed E-state index contributed by atoms with van der Waals surface area (Å²) in [6, 6.07) is 6.89. The molecule has 134 valence electrons. The lowest BCUT2D eigenvalue weighted by Gasteiger charge is -2.21. The highest BCUT2D eigenvalue weighted by Crippen LogP contribution is 2.24. The van der Waals surface area contributed by atoms with Gasteiger partial charge >= 0.3 is 0 Å². The summed E-state index contributed by atoms with van der Waals surface area (Å²) in [6.45, 7) is 9.37. The number of nitrogens with zero attached hydrogens (tertiary/aromatic N) is 1. The van der Waals surface area contributed by atoms with Crippen LogP contribution >= 0.6 is 0 Å². The van der Waals surface area contributed by atoms with Crippen LogP contribution in [0.3, 0.4) is 0 Å². The maximum Gasteiger partial charge on any atom is 0.261 e. The lowest BCUT2D eigenvalue weighted by molar-refractivity contribution is 0.0610. The topological polar surface area (TPSA) is 98.1 Å². The van der Waals surface area contributed by atoms with Crippen molar-refractivity contribution in [2.24, 2.45) is 5.92 Å². The molecular formula is C18H27NO5. The predicted octanol–water partition coefficient (Wildman–Crippen LogP) is 1.81. The van der Waals surface area contributed by atoms with Crippen molar-refractivity contribution in [2.75, 3.05) is 13.3 Å². The summed E-state index contributed by atoms with van der Waals surface area (Å²) in [6.07, 6.45) is 1.06. The monoisotopic (exact) mass is 337 g/mol. The Kier molecular flexibility index (Phi) is 10.5. The van der Waals surface area contributed by atoms with E-state index in [-0.39, 0.29) is 17.7 Å². The molecule has 1 aliphatic rings. The van der Waals surface area contributed by atoms with Gasteiger partial charge in [0.05, 0.1) is 17.2 Å². The zero-order valence-corrected chi connectivity index (χ0v) is 14.3. The van der Waals surface area contributed by atoms with E-state index in [4.69, 9.17) is 10.2 Å². The van der Waals surface area contributed by atoms with E-state index >= 15 is 0 Å². The van der Waals surface area contributed by atoms with E-state index in [0.29, 0.717) is 24.1 Å². The lowest BCUT2D eigenvalue weighted by Crippen LogP contribution is -2.33. The van der Waals surface area contributed by atoms with Crippen LogP contribution in [0, 0.1) is 5.92 Å². The molecule has 0 radical (unpaired) electrons. The molecule has 0 saturated carbocycles. The number of aliphatic hydroxyl groups excluding tert-OH is 2. The molecule has 3 N–H and O–H groups in total. The number of benzene rings is 1. The third-order valence-corrected chi connectivity index (χ3v) is 3.81. The molecule has 1 aromatic carbocycles. The first-order chi connectivity index (χ1) is 11.5. The molecule has 2 atom stereocenters. The first-order valence-electron chi connectivity index (χ1n) is 7.82. The SMILES string of the molecule is C=C.CCC(CCN1C(=O)c2ccccc2C1=O)C(C)O.OCO. The van der Waals surface area contributed by atoms with Crippen LogP contribution in [0.1, 0.15) is 47.4 Å². The largest absolute Gasteiger partial charge is 0.393 e. The molecule has 0 spiro atoms. The van der Waals surface area contributed by atoms with Gasteiger partial charge in [-0.25, -0.2) is 0 Å². The molecule has 1 aliphatic heterocycles. The summed E-state index contributed by atoms with van der Waals surface area (Å²) in [5.41, 5.74) is 0.968. The highest BCUT2D eigenvalue weighted by molar-refractivity contribution is 6.21. The molecule has 0 fully saturated rings. The maximum atomic E-state index is 12.1. The molecular weight excluding hydrogens is 310 g/mol. The molecule has 6 nitrogen and oxygen atoms in total. The van der Waals surface area contributed by atoms with E-state index in [0.717, 1.165) is 6.42 Å². The van der Waals surface area contributed by atoms with E-state index in [9.17, 15) is 14.7 Å². The van der Waals surface area contributed by atoms with Crippen LogP contribution in [0.25, 0.3) is 0 Å². The Morgan fingerprint density at radius 1 is 1.08 bits per heavy atom. The highest BCUT2D eigenvalue weighted by atomic mass is 16.5. The fourth-order valence-electron chi connectivity index (χ4n) is 2.52. The maximum absolute atomic E-state index is 12.1. The van der Waals surface area contributed by atoms with Crippen molar-refractivity contribution in [1.29, 1.82) is 0 Å². The lowest BCUT2D eigenvalue weighted by atomic mass is 9.96. The van der Waals surface area contributed by atoms with Crippen molar-refractivity contribution in [1.82, 2.24) is 4.90 Å². The van der Waals surface area contributed by atoms with Crippen molar-refractivity contribution in [2.45, 2.75) is 32.8 Å². The third-order valence-electron chi connectivity index (χ3n) is 3.81. The molecule has 24 heavy (non-hydrogen) atoms. The first-order valence-corrected chi connectivity index (χ1v) is 7.82. The second kappa shape index (κ2) is 11.5. The number of rotatable bonds is 5. The number of hydrogen-bond acceptors (Lipinski definition) is 5. The summed E-state index contributed by atoms with van der Waals surface area (Å²) in [4.78, 5) is 25.5. The van der Waals surface area contributed by atoms with Crippen molar-refractivity contribution < 1.29 is 24.9 Å². The Labute approximate surface area is 143 Å². The van der Waals surface area contributed by atoms with Crippen molar-refractivity contribution in [3.63, 3.8) is 0 Å². The van der Waals surface area contributed by atoms with Crippen molar-refractivity contribution >= 4 is 11.8 Å². The zero-order chi connectivity index (χ0) is 18.7. The summed E-state index contributed by atoms with van der Waals surface area (Å²) in [7, 11) is 0. The van der Waals surface area contributed by atoms with E-state index in [1.165, 1.54) is 4.90 Å². The van der Waals surface area contributed by atoms with Gasteiger partial charge in [0.2, 0.25) is 0 Å². The van der Waals surface area contributed by atoms with Crippen LogP contribution in [-0.2, 0) is 0 Å². The van der Waals surface area contributed by atoms with Crippen LogP contribution in [0.15, 0.2) is 37.4 Å². The van der Waals surface area contributed by atoms with Gasteiger partial charge in [-0.1, -0.05) is 25.5 Å². The first kappa shape index (κ1) is 22.0. The smallest absolute Gasteiger partial charge is 0.261 e. The highest BCUT2D eigenvalue weighted by Gasteiger charge is 2.35. The number of aliphatic hydroxyl groups is 3. The zero-order valence-electron chi connectivity index (χ0n) is 14.3. The number of carbonyl (C=O) groups is 2. The van der Waals surface area contributed by atoms with Gasteiger partial charge in [-0.3, -0.25) is 14.5 Å². The Bertz CT molecular complexity index is 495. The van der Waals surface area contributed by atoms with Crippen molar-refractivity contribution in [3.05, 3.63) is 48.6 Å². The van der Waals surface area contributed by atoms with Crippen molar-refractivity contribution in [3.8, 4) is 0 Å². The van der Waals surface area contributed by atoms with E-state index in [1.807, 2.05) is 6.92 Å². The molecule has 2 amide bonds. The number of imide groups is 1. The van der Waals surface area contributed by atoms with E-state index in [1.54, 1.807) is 31.2 Å². The normalized spacial score (nSPS) is 14.8. The van der Waals surface area contributed by atoms with Gasteiger partial charge in [0.25, 0.3) is 11.8 Å². The summed E-state index contributed by atoms with van der Waals surface area (Å²) in [5.74, 6) is -0.327. The Hall–Kier alpha value is -2.02. The Balaban J connectivity index is 0.000000952. The number of fused-ring (bicyclic) bond motifs is 1. The van der Waals surface area contributed by atoms with Crippen LogP contribution < -0.4 is 0 Å². The van der Waals surface area contributed by atoms with Crippen LogP contribution in [0.2, 0.25) is 0 Å². The molecule has 0 bridgehead atoms. The molecule has 0 saturated heterocycles. The number of carbonyl (C=O) groups excluding carboxylic acids is 2. The summed E-state index contributed by atoms with van der Waals surface area (Å²) in [5, 5.41) is 23.9. The number of amides is 2. The fourth-order valence-corrected chi connectivity index (χ4v) is 2.52. The minimum atomic E-state index is -0.750. The van der Waals surface area contributed by atoms with Gasteiger partial charge in [0.15, 0.2) is 0 Å². The van der Waals surface area contributed by atoms with Crippen LogP contribution in [-0.4, -0.2) is 51.5 Å². The molecule has 2 rings (SSSR count). The summed E-state index contributed by atoms with van der Waals surface area (Å²) >= 11 is 0. The average molecular weight is 337 g/mol. The minimum absolute atomic E-state index is 0.115. The quantitative estimate of drug-likeness (QED) is 0.432. The van der Waals surface area contributed by atoms with E-state index < -0.39 is 12.9 Å². The molecule has 0 aliphatic carbocycles. The molecule has 0 aromatic heterocycles. The van der Waals surface area contributed by atoms with Gasteiger partial charge < -0.3 is 15.3 Å². The molecule has 1 heterocycles. The fraction of sp³-hybridized carbons (Fsp3) is 0.444. The Morgan fingerprint density at radius 2 is 1.50 bits per heavy atom. The van der Waals surface area contributed by atoms with Gasteiger partial charge in [-0.05, 0) is 31.4 Å². The van der Waals surface area contributed by atoms with Gasteiger partial charge in [0.1, 0.15) is 6.79 Å². The second-order valence-corrected chi connectivity index (χ2v) is 5.15. The molecule has 6 heteroatoms. The average Bonchev–Trinajstić information content (AvgIpc) is 2.83. The molecule has 1 aromatic rings. The second-order valence-electron chi connectivity index (χ2n) is 5.15. The third kappa shape index (κ3) is 5.56. The van der Waals surface area contributed by atoms with Gasteiger partial charge in [0, 0.05) is 6.54 Å². The van der Waals surface area contributed by atoms with Crippen LogP contribution in [0.4, 0.5) is 0 Å². The van der Waals surface area contributed by atoms with Gasteiger partial charge in [-0.15, -0.1) is 13.2 Å². The standard InChI is InChI=1S/C15H19NO3.C2H4.CH4O2/c1-3-11(10(2)17)8-9-16-14(18)12-6-4-5-7-13(12)15(16)19;1-2;2-1-3/h4-7,10-11,17H,3,8-9H2,1-2H3;1-2H2;2-3H,1H2. The Morgan fingerprint density at radius 3 is 1.83 bits per heavy atom. The van der Waals surface area contributed by atoms with E-state index in [2.05, 4.69) is 13.2 Å².